The summed E-state index contributed by atoms with van der Waals surface area (Å²) in [5.74, 6) is -0.421. The van der Waals surface area contributed by atoms with E-state index in [0.717, 1.165) is 50.9 Å². The molecule has 8 nitrogen and oxygen atoms in total. The summed E-state index contributed by atoms with van der Waals surface area (Å²) in [5.41, 5.74) is 2.36. The van der Waals surface area contributed by atoms with E-state index in [1.54, 1.807) is 6.07 Å². The lowest BCUT2D eigenvalue weighted by Gasteiger charge is -2.29. The Balaban J connectivity index is 1.53. The lowest BCUT2D eigenvalue weighted by atomic mass is 9.78. The molecule has 2 fully saturated rings. The van der Waals surface area contributed by atoms with Gasteiger partial charge in [-0.25, -0.2) is 5.01 Å². The number of carbonyl (C=O) groups excluding carboxylic acids is 3. The Morgan fingerprint density at radius 3 is 2.24 bits per heavy atom. The van der Waals surface area contributed by atoms with Gasteiger partial charge in [0.1, 0.15) is 5.76 Å². The third-order valence-corrected chi connectivity index (χ3v) is 9.38. The van der Waals surface area contributed by atoms with Gasteiger partial charge in [0.25, 0.3) is 5.91 Å². The maximum absolute atomic E-state index is 13.9. The molecule has 2 amide bonds. The minimum absolute atomic E-state index is 0.0489. The highest BCUT2D eigenvalue weighted by Gasteiger charge is 2.46. The maximum Gasteiger partial charge on any atom is 0.277 e. The van der Waals surface area contributed by atoms with Crippen LogP contribution in [0.1, 0.15) is 104 Å². The van der Waals surface area contributed by atoms with Gasteiger partial charge in [0.05, 0.1) is 33.7 Å². The number of amides is 2. The fourth-order valence-electron chi connectivity index (χ4n) is 6.91. The smallest absolute Gasteiger partial charge is 0.277 e. The first-order chi connectivity index (χ1) is 20.0. The van der Waals surface area contributed by atoms with Crippen LogP contribution in [0.5, 0.6) is 0 Å². The molecular formula is C34H46N4O4. The van der Waals surface area contributed by atoms with Crippen LogP contribution in [0, 0.1) is 11.8 Å². The van der Waals surface area contributed by atoms with Crippen molar-refractivity contribution in [2.75, 3.05) is 23.3 Å². The normalized spacial score (nSPS) is 21.8. The molecule has 0 aromatic heterocycles. The molecular weight excluding hydrogens is 528 g/mol. The highest BCUT2D eigenvalue weighted by atomic mass is 16.3. The van der Waals surface area contributed by atoms with E-state index in [1.807, 2.05) is 32.9 Å². The van der Waals surface area contributed by atoms with Crippen molar-refractivity contribution in [3.05, 3.63) is 40.7 Å². The topological polar surface area (TPSA) is 102 Å². The van der Waals surface area contributed by atoms with E-state index in [4.69, 9.17) is 5.10 Å². The molecule has 5 rings (SSSR count). The second kappa shape index (κ2) is 12.1. The van der Waals surface area contributed by atoms with Gasteiger partial charge in [0.2, 0.25) is 11.7 Å². The molecule has 0 saturated heterocycles. The van der Waals surface area contributed by atoms with Crippen LogP contribution in [-0.2, 0) is 14.4 Å². The Morgan fingerprint density at radius 2 is 1.64 bits per heavy atom. The van der Waals surface area contributed by atoms with E-state index >= 15 is 0 Å². The van der Waals surface area contributed by atoms with Crippen LogP contribution >= 0.6 is 0 Å². The van der Waals surface area contributed by atoms with Crippen molar-refractivity contribution in [1.29, 1.82) is 0 Å². The molecule has 1 heterocycles. The Morgan fingerprint density at radius 1 is 1.00 bits per heavy atom. The summed E-state index contributed by atoms with van der Waals surface area (Å²) < 4.78 is 0. The summed E-state index contributed by atoms with van der Waals surface area (Å²) in [5, 5.41) is 20.7. The number of benzene rings is 1. The van der Waals surface area contributed by atoms with Gasteiger partial charge in [-0.2, -0.15) is 5.10 Å². The third-order valence-electron chi connectivity index (χ3n) is 9.38. The van der Waals surface area contributed by atoms with E-state index in [-0.39, 0.29) is 46.0 Å². The van der Waals surface area contributed by atoms with E-state index in [2.05, 4.69) is 24.1 Å². The fraction of sp³-hybridized carbons (Fsp3) is 0.588. The molecule has 3 aliphatic carbocycles. The highest BCUT2D eigenvalue weighted by Crippen LogP contribution is 2.44. The van der Waals surface area contributed by atoms with Crippen molar-refractivity contribution in [2.45, 2.75) is 104 Å². The van der Waals surface area contributed by atoms with Crippen molar-refractivity contribution in [3.63, 3.8) is 0 Å². The summed E-state index contributed by atoms with van der Waals surface area (Å²) in [6.45, 7) is 11.5. The molecule has 0 spiro atoms. The predicted octanol–water partition coefficient (Wildman–Crippen LogP) is 6.78. The maximum atomic E-state index is 13.9. The molecule has 42 heavy (non-hydrogen) atoms. The van der Waals surface area contributed by atoms with Gasteiger partial charge >= 0.3 is 0 Å². The molecule has 2 saturated carbocycles. The number of ketones is 1. The Hall–Kier alpha value is -3.42. The lowest BCUT2D eigenvalue weighted by Crippen LogP contribution is -2.40. The van der Waals surface area contributed by atoms with Crippen molar-refractivity contribution in [2.24, 2.45) is 16.9 Å². The van der Waals surface area contributed by atoms with E-state index < -0.39 is 5.54 Å². The van der Waals surface area contributed by atoms with Crippen LogP contribution in [0.25, 0.3) is 5.57 Å². The first kappa shape index (κ1) is 30.1. The average molecular weight is 575 g/mol. The zero-order chi connectivity index (χ0) is 30.2. The monoisotopic (exact) mass is 574 g/mol. The number of nitrogens with zero attached hydrogens (tertiary/aromatic N) is 3. The van der Waals surface area contributed by atoms with Gasteiger partial charge in [-0.15, -0.1) is 0 Å². The largest absolute Gasteiger partial charge is 0.506 e. The summed E-state index contributed by atoms with van der Waals surface area (Å²) in [6, 6.07) is 5.61. The molecule has 0 radical (unpaired) electrons. The SMILES string of the molecule is CCN(CC)c1ccc(C2=C(O)/C(=C3/C(=O)N(C(C)(C)C)N=C3CCC3CCCC3)C2=O)c(NC(=O)C2CCCC2)c1. The summed E-state index contributed by atoms with van der Waals surface area (Å²) in [7, 11) is 0. The number of hydrogen-bond donors (Lipinski definition) is 2. The van der Waals surface area contributed by atoms with E-state index in [1.165, 1.54) is 30.7 Å². The van der Waals surface area contributed by atoms with Crippen LogP contribution in [0.2, 0.25) is 0 Å². The molecule has 0 bridgehead atoms. The number of rotatable bonds is 9. The fourth-order valence-corrected chi connectivity index (χ4v) is 6.91. The Labute approximate surface area is 249 Å². The zero-order valence-electron chi connectivity index (χ0n) is 25.9. The number of carbonyl (C=O) groups is 3. The molecule has 226 valence electrons. The molecule has 1 aliphatic heterocycles. The number of nitrogens with one attached hydrogen (secondary N) is 1. The minimum atomic E-state index is -0.565. The Kier molecular flexibility index (Phi) is 8.63. The van der Waals surface area contributed by atoms with Crippen LogP contribution in [-0.4, -0.2) is 52.1 Å². The van der Waals surface area contributed by atoms with Crippen LogP contribution in [0.3, 0.4) is 0 Å². The number of Topliss-reactive ketones (excluding diaryl/α,β-unsaturated/α-hetero) is 1. The van der Waals surface area contributed by atoms with Crippen LogP contribution < -0.4 is 10.2 Å². The second-order valence-corrected chi connectivity index (χ2v) is 13.2. The van der Waals surface area contributed by atoms with Crippen molar-refractivity contribution < 1.29 is 19.5 Å². The zero-order valence-corrected chi connectivity index (χ0v) is 25.9. The van der Waals surface area contributed by atoms with Gasteiger partial charge in [-0.05, 0) is 84.4 Å². The number of aliphatic hydroxyl groups excluding tert-OH is 1. The van der Waals surface area contributed by atoms with Gasteiger partial charge in [0.15, 0.2) is 0 Å². The average Bonchev–Trinajstić information content (AvgIpc) is 3.72. The van der Waals surface area contributed by atoms with E-state index in [9.17, 15) is 19.5 Å². The summed E-state index contributed by atoms with van der Waals surface area (Å²) >= 11 is 0. The predicted molar refractivity (Wildman–Crippen MR) is 167 cm³/mol. The number of hydrogen-bond acceptors (Lipinski definition) is 6. The standard InChI is InChI=1S/C34H46N4O4/c1-6-37(7-2)23-17-18-24(26(20-23)35-32(41)22-14-10-11-15-22)27-30(39)29(31(27)40)28-25(19-16-21-12-8-9-13-21)36-38(33(28)42)34(3,4)5/h17-18,20-22,39H,6-16,19H2,1-5H3,(H,35,41)/b29-28-. The van der Waals surface area contributed by atoms with Gasteiger partial charge in [-0.3, -0.25) is 14.4 Å². The third kappa shape index (κ3) is 5.64. The highest BCUT2D eigenvalue weighted by molar-refractivity contribution is 6.44. The van der Waals surface area contributed by atoms with Crippen LogP contribution in [0.15, 0.2) is 40.2 Å². The first-order valence-electron chi connectivity index (χ1n) is 15.9. The van der Waals surface area contributed by atoms with Crippen molar-refractivity contribution >= 4 is 40.3 Å². The van der Waals surface area contributed by atoms with Gasteiger partial charge in [0, 0.05) is 30.3 Å². The number of aliphatic hydroxyl groups is 1. The van der Waals surface area contributed by atoms with Gasteiger partial charge in [-0.1, -0.05) is 38.5 Å². The van der Waals surface area contributed by atoms with Gasteiger partial charge < -0.3 is 15.3 Å². The lowest BCUT2D eigenvalue weighted by molar-refractivity contribution is -0.130. The van der Waals surface area contributed by atoms with Crippen molar-refractivity contribution in [1.82, 2.24) is 5.01 Å². The molecule has 1 aromatic carbocycles. The molecule has 4 aliphatic rings. The van der Waals surface area contributed by atoms with Crippen molar-refractivity contribution in [3.8, 4) is 0 Å². The molecule has 2 N–H and O–H groups in total. The van der Waals surface area contributed by atoms with E-state index in [0.29, 0.717) is 29.3 Å². The molecule has 1 aromatic rings. The summed E-state index contributed by atoms with van der Waals surface area (Å²) in [6.07, 6.45) is 10.1. The molecule has 8 heteroatoms. The Bertz CT molecular complexity index is 1350. The number of hydrazone groups is 1. The summed E-state index contributed by atoms with van der Waals surface area (Å²) in [4.78, 5) is 42.9. The molecule has 0 unspecified atom stereocenters. The first-order valence-corrected chi connectivity index (χ1v) is 15.9. The second-order valence-electron chi connectivity index (χ2n) is 13.2. The number of anilines is 2. The van der Waals surface area contributed by atoms with Crippen LogP contribution in [0.4, 0.5) is 11.4 Å². The quantitative estimate of drug-likeness (QED) is 0.317. The molecule has 0 atom stereocenters. The number of allylic oxidation sites excluding steroid dienone is 2. The minimum Gasteiger partial charge on any atom is -0.506 e.